The normalized spacial score (nSPS) is 32.4. The molecule has 0 saturated carbocycles. The van der Waals surface area contributed by atoms with E-state index in [1.165, 1.54) is 0 Å². The van der Waals surface area contributed by atoms with Gasteiger partial charge < -0.3 is 24.8 Å². The van der Waals surface area contributed by atoms with Crippen LogP contribution in [0.4, 0.5) is 0 Å². The van der Waals surface area contributed by atoms with E-state index in [9.17, 15) is 15.3 Å². The minimum atomic E-state index is -1.25. The van der Waals surface area contributed by atoms with Gasteiger partial charge in [0, 0.05) is 6.42 Å². The Morgan fingerprint density at radius 3 is 2.56 bits per heavy atom. The fourth-order valence-corrected chi connectivity index (χ4v) is 1.89. The zero-order valence-electron chi connectivity index (χ0n) is 9.98. The molecule has 0 aliphatic carbocycles. The van der Waals surface area contributed by atoms with Crippen molar-refractivity contribution in [1.29, 1.82) is 0 Å². The van der Waals surface area contributed by atoms with Crippen LogP contribution in [0.15, 0.2) is 30.3 Å². The largest absolute Gasteiger partial charge is 0.390 e. The van der Waals surface area contributed by atoms with Crippen molar-refractivity contribution in [3.63, 3.8) is 0 Å². The van der Waals surface area contributed by atoms with Gasteiger partial charge in [-0.3, -0.25) is 0 Å². The average molecular weight is 254 g/mol. The molecule has 0 aromatic heterocycles. The molecule has 2 rings (SSSR count). The standard InChI is InChI=1S/C13H18O5/c14-10-6-11(15)13(16)18-12(10)8-17-7-9-4-2-1-3-5-9/h1-5,10-16H,6-8H2/t10-,11-,12-,13-/m1/s1. The molecule has 1 aliphatic rings. The van der Waals surface area contributed by atoms with Crippen LogP contribution in [0.25, 0.3) is 0 Å². The molecule has 1 heterocycles. The highest BCUT2D eigenvalue weighted by atomic mass is 16.6. The molecule has 0 amide bonds. The molecule has 4 atom stereocenters. The molecule has 0 unspecified atom stereocenters. The van der Waals surface area contributed by atoms with Gasteiger partial charge in [-0.1, -0.05) is 30.3 Å². The molecule has 0 bridgehead atoms. The fourth-order valence-electron chi connectivity index (χ4n) is 1.89. The third-order valence-electron chi connectivity index (χ3n) is 2.95. The smallest absolute Gasteiger partial charge is 0.181 e. The molecule has 5 heteroatoms. The Labute approximate surface area is 106 Å². The third-order valence-corrected chi connectivity index (χ3v) is 2.95. The van der Waals surface area contributed by atoms with E-state index in [1.807, 2.05) is 30.3 Å². The maximum atomic E-state index is 9.68. The van der Waals surface area contributed by atoms with Gasteiger partial charge in [0.25, 0.3) is 0 Å². The number of benzene rings is 1. The summed E-state index contributed by atoms with van der Waals surface area (Å²) in [5.41, 5.74) is 1.03. The number of aliphatic hydroxyl groups is 3. The van der Waals surface area contributed by atoms with Crippen LogP contribution in [0.5, 0.6) is 0 Å². The van der Waals surface area contributed by atoms with E-state index in [1.54, 1.807) is 0 Å². The average Bonchev–Trinajstić information content (AvgIpc) is 2.37. The molecule has 1 fully saturated rings. The second-order valence-corrected chi connectivity index (χ2v) is 4.44. The first kappa shape index (κ1) is 13.5. The van der Waals surface area contributed by atoms with Gasteiger partial charge >= 0.3 is 0 Å². The molecule has 0 radical (unpaired) electrons. The lowest BCUT2D eigenvalue weighted by Crippen LogP contribution is -2.48. The molecular weight excluding hydrogens is 236 g/mol. The number of ether oxygens (including phenoxy) is 2. The van der Waals surface area contributed by atoms with Crippen molar-refractivity contribution in [3.05, 3.63) is 35.9 Å². The summed E-state index contributed by atoms with van der Waals surface area (Å²) in [5.74, 6) is 0. The van der Waals surface area contributed by atoms with Crippen molar-refractivity contribution in [3.8, 4) is 0 Å². The highest BCUT2D eigenvalue weighted by Crippen LogP contribution is 2.19. The van der Waals surface area contributed by atoms with Crippen LogP contribution in [0.1, 0.15) is 12.0 Å². The lowest BCUT2D eigenvalue weighted by molar-refractivity contribution is -0.254. The van der Waals surface area contributed by atoms with Crippen LogP contribution in [-0.2, 0) is 16.1 Å². The molecule has 0 spiro atoms. The van der Waals surface area contributed by atoms with Gasteiger partial charge in [-0.05, 0) is 5.56 Å². The zero-order chi connectivity index (χ0) is 13.0. The van der Waals surface area contributed by atoms with E-state index in [-0.39, 0.29) is 13.0 Å². The number of rotatable bonds is 4. The van der Waals surface area contributed by atoms with Crippen LogP contribution < -0.4 is 0 Å². The molecule has 18 heavy (non-hydrogen) atoms. The topological polar surface area (TPSA) is 79.2 Å². The van der Waals surface area contributed by atoms with Crippen LogP contribution in [0, 0.1) is 0 Å². The molecule has 1 aromatic rings. The summed E-state index contributed by atoms with van der Waals surface area (Å²) >= 11 is 0. The van der Waals surface area contributed by atoms with Crippen LogP contribution >= 0.6 is 0 Å². The second kappa shape index (κ2) is 6.26. The van der Waals surface area contributed by atoms with E-state index in [0.717, 1.165) is 5.56 Å². The summed E-state index contributed by atoms with van der Waals surface area (Å²) in [6.07, 6.45) is -3.61. The van der Waals surface area contributed by atoms with Crippen molar-refractivity contribution < 1.29 is 24.8 Å². The summed E-state index contributed by atoms with van der Waals surface area (Å²) in [4.78, 5) is 0. The fraction of sp³-hybridized carbons (Fsp3) is 0.538. The van der Waals surface area contributed by atoms with Crippen molar-refractivity contribution in [2.24, 2.45) is 0 Å². The second-order valence-electron chi connectivity index (χ2n) is 4.44. The van der Waals surface area contributed by atoms with E-state index in [0.29, 0.717) is 6.61 Å². The molecule has 100 valence electrons. The first-order valence-electron chi connectivity index (χ1n) is 5.98. The van der Waals surface area contributed by atoms with Crippen LogP contribution in [0.3, 0.4) is 0 Å². The highest BCUT2D eigenvalue weighted by Gasteiger charge is 2.35. The summed E-state index contributed by atoms with van der Waals surface area (Å²) in [5, 5.41) is 28.3. The van der Waals surface area contributed by atoms with Crippen molar-refractivity contribution >= 4 is 0 Å². The van der Waals surface area contributed by atoms with E-state index in [4.69, 9.17) is 9.47 Å². The first-order chi connectivity index (χ1) is 8.66. The number of aliphatic hydroxyl groups excluding tert-OH is 3. The van der Waals surface area contributed by atoms with E-state index in [2.05, 4.69) is 0 Å². The lowest BCUT2D eigenvalue weighted by atomic mass is 10.0. The maximum Gasteiger partial charge on any atom is 0.181 e. The highest BCUT2D eigenvalue weighted by molar-refractivity contribution is 5.13. The summed E-state index contributed by atoms with van der Waals surface area (Å²) in [6.45, 7) is 0.603. The SMILES string of the molecule is O[C@@H]1C[C@@H](O)[C@@H](COCc2ccccc2)O[C@H]1O. The predicted molar refractivity (Wildman–Crippen MR) is 63.6 cm³/mol. The Hall–Kier alpha value is -0.980. The number of hydrogen-bond acceptors (Lipinski definition) is 5. The Morgan fingerprint density at radius 2 is 1.83 bits per heavy atom. The molecule has 1 aromatic carbocycles. The van der Waals surface area contributed by atoms with Gasteiger partial charge in [0.2, 0.25) is 0 Å². The van der Waals surface area contributed by atoms with Crippen molar-refractivity contribution in [2.75, 3.05) is 6.61 Å². The Bertz CT molecular complexity index is 356. The molecule has 1 aliphatic heterocycles. The predicted octanol–water partition coefficient (Wildman–Crippen LogP) is 0.0323. The Balaban J connectivity index is 1.76. The van der Waals surface area contributed by atoms with Gasteiger partial charge in [-0.15, -0.1) is 0 Å². The first-order valence-corrected chi connectivity index (χ1v) is 5.98. The van der Waals surface area contributed by atoms with Crippen molar-refractivity contribution in [2.45, 2.75) is 37.6 Å². The zero-order valence-corrected chi connectivity index (χ0v) is 9.98. The van der Waals surface area contributed by atoms with Crippen LogP contribution in [0.2, 0.25) is 0 Å². The number of hydrogen-bond donors (Lipinski definition) is 3. The summed E-state index contributed by atoms with van der Waals surface area (Å²) < 4.78 is 10.5. The molecule has 1 saturated heterocycles. The Kier molecular flexibility index (Phi) is 4.68. The molecule has 3 N–H and O–H groups in total. The van der Waals surface area contributed by atoms with E-state index >= 15 is 0 Å². The van der Waals surface area contributed by atoms with Crippen LogP contribution in [-0.4, -0.2) is 46.5 Å². The molecular formula is C13H18O5. The summed E-state index contributed by atoms with van der Waals surface area (Å²) in [7, 11) is 0. The molecule has 5 nitrogen and oxygen atoms in total. The van der Waals surface area contributed by atoms with Gasteiger partial charge in [0.05, 0.1) is 19.3 Å². The monoisotopic (exact) mass is 254 g/mol. The summed E-state index contributed by atoms with van der Waals surface area (Å²) in [6, 6.07) is 9.65. The van der Waals surface area contributed by atoms with Gasteiger partial charge in [-0.25, -0.2) is 0 Å². The van der Waals surface area contributed by atoms with Gasteiger partial charge in [-0.2, -0.15) is 0 Å². The Morgan fingerprint density at radius 1 is 1.11 bits per heavy atom. The quantitative estimate of drug-likeness (QED) is 0.706. The van der Waals surface area contributed by atoms with Gasteiger partial charge in [0.1, 0.15) is 12.2 Å². The van der Waals surface area contributed by atoms with Gasteiger partial charge in [0.15, 0.2) is 6.29 Å². The third kappa shape index (κ3) is 3.51. The van der Waals surface area contributed by atoms with Crippen molar-refractivity contribution in [1.82, 2.24) is 0 Å². The minimum Gasteiger partial charge on any atom is -0.390 e. The minimum absolute atomic E-state index is 0.0977. The maximum absolute atomic E-state index is 9.68. The lowest BCUT2D eigenvalue weighted by Gasteiger charge is -2.34. The van der Waals surface area contributed by atoms with E-state index < -0.39 is 24.6 Å².